The van der Waals surface area contributed by atoms with Crippen LogP contribution in [-0.4, -0.2) is 40.0 Å². The molecule has 1 aliphatic carbocycles. The molecule has 1 N–H and O–H groups in total. The summed E-state index contributed by atoms with van der Waals surface area (Å²) in [6, 6.07) is 18.5. The number of nitrogens with zero attached hydrogens (tertiary/aromatic N) is 5. The van der Waals surface area contributed by atoms with Crippen molar-refractivity contribution in [3.63, 3.8) is 0 Å². The van der Waals surface area contributed by atoms with Crippen LogP contribution in [0, 0.1) is 0 Å². The zero-order chi connectivity index (χ0) is 20.3. The van der Waals surface area contributed by atoms with Crippen molar-refractivity contribution < 1.29 is 4.52 Å². The normalized spacial score (nSPS) is 13.5. The molecule has 1 saturated carbocycles. The summed E-state index contributed by atoms with van der Waals surface area (Å²) in [7, 11) is 0. The number of para-hydroxylation sites is 1. The van der Waals surface area contributed by atoms with Crippen molar-refractivity contribution in [2.24, 2.45) is 0 Å². The van der Waals surface area contributed by atoms with Gasteiger partial charge in [0.05, 0.1) is 0 Å². The Morgan fingerprint density at radius 3 is 2.53 bits per heavy atom. The molecule has 4 aromatic rings. The number of likely N-dealkylation sites (N-methyl/N-ethyl adjacent to an activating group) is 1. The highest BCUT2D eigenvalue weighted by atomic mass is 16.5. The predicted molar refractivity (Wildman–Crippen MR) is 118 cm³/mol. The van der Waals surface area contributed by atoms with Crippen LogP contribution < -0.4 is 10.2 Å². The first-order chi connectivity index (χ1) is 14.8. The quantitative estimate of drug-likeness (QED) is 0.466. The topological polar surface area (TPSA) is 80.0 Å². The second-order valence-electron chi connectivity index (χ2n) is 7.52. The van der Waals surface area contributed by atoms with Gasteiger partial charge in [-0.2, -0.15) is 4.98 Å². The number of benzene rings is 2. The van der Waals surface area contributed by atoms with Crippen LogP contribution in [0.3, 0.4) is 0 Å². The molecule has 0 radical (unpaired) electrons. The van der Waals surface area contributed by atoms with Gasteiger partial charge in [0.25, 0.3) is 5.89 Å². The van der Waals surface area contributed by atoms with E-state index in [1.54, 1.807) is 0 Å². The average Bonchev–Trinajstić information content (AvgIpc) is 3.54. The molecule has 2 heterocycles. The van der Waals surface area contributed by atoms with E-state index in [1.165, 1.54) is 5.69 Å². The maximum absolute atomic E-state index is 5.49. The molecule has 2 aromatic carbocycles. The van der Waals surface area contributed by atoms with Crippen molar-refractivity contribution in [3.05, 3.63) is 60.4 Å². The standard InChI is InChI=1S/C23H24N6O/c1-2-29(17-8-4-3-5-9-17)15-14-24-22-19-11-7-6-10-18(19)20(26-27-22)23-25-21(28-30-23)16-12-13-16/h3-11,16H,2,12-15H2,1H3,(H,24,27). The van der Waals surface area contributed by atoms with Crippen molar-refractivity contribution in [1.29, 1.82) is 0 Å². The first-order valence-electron chi connectivity index (χ1n) is 10.5. The van der Waals surface area contributed by atoms with Crippen LogP contribution >= 0.6 is 0 Å². The number of hydrogen-bond acceptors (Lipinski definition) is 7. The monoisotopic (exact) mass is 400 g/mol. The van der Waals surface area contributed by atoms with E-state index in [-0.39, 0.29) is 0 Å². The lowest BCUT2D eigenvalue weighted by Crippen LogP contribution is -2.28. The van der Waals surface area contributed by atoms with Crippen LogP contribution in [-0.2, 0) is 0 Å². The third-order valence-corrected chi connectivity index (χ3v) is 5.45. The first kappa shape index (κ1) is 18.5. The molecule has 7 heteroatoms. The van der Waals surface area contributed by atoms with Crippen LogP contribution in [0.15, 0.2) is 59.1 Å². The van der Waals surface area contributed by atoms with E-state index in [9.17, 15) is 0 Å². The molecule has 30 heavy (non-hydrogen) atoms. The lowest BCUT2D eigenvalue weighted by Gasteiger charge is -2.23. The van der Waals surface area contributed by atoms with E-state index in [0.717, 1.165) is 54.9 Å². The van der Waals surface area contributed by atoms with Crippen LogP contribution in [0.5, 0.6) is 0 Å². The Morgan fingerprint density at radius 1 is 1.00 bits per heavy atom. The van der Waals surface area contributed by atoms with E-state index in [4.69, 9.17) is 4.52 Å². The summed E-state index contributed by atoms with van der Waals surface area (Å²) in [5.74, 6) is 2.42. The zero-order valence-electron chi connectivity index (χ0n) is 17.0. The molecule has 5 rings (SSSR count). The van der Waals surface area contributed by atoms with Gasteiger partial charge in [0.1, 0.15) is 0 Å². The predicted octanol–water partition coefficient (Wildman–Crippen LogP) is 4.50. The molecule has 2 aromatic heterocycles. The maximum atomic E-state index is 5.49. The second-order valence-corrected chi connectivity index (χ2v) is 7.52. The van der Waals surface area contributed by atoms with Gasteiger partial charge in [-0.25, -0.2) is 0 Å². The molecular weight excluding hydrogens is 376 g/mol. The summed E-state index contributed by atoms with van der Waals surface area (Å²) >= 11 is 0. The SMILES string of the molecule is CCN(CCNc1nnc(-c2nc(C3CC3)no2)c2ccccc12)c1ccccc1. The van der Waals surface area contributed by atoms with E-state index in [2.05, 4.69) is 61.7 Å². The molecule has 0 unspecified atom stereocenters. The summed E-state index contributed by atoms with van der Waals surface area (Å²) in [4.78, 5) is 6.87. The number of nitrogens with one attached hydrogen (secondary N) is 1. The van der Waals surface area contributed by atoms with Gasteiger partial charge in [0, 0.05) is 42.0 Å². The fourth-order valence-electron chi connectivity index (χ4n) is 3.65. The highest BCUT2D eigenvalue weighted by Gasteiger charge is 2.29. The molecule has 1 aliphatic rings. The Labute approximate surface area is 175 Å². The minimum absolute atomic E-state index is 0.438. The number of fused-ring (bicyclic) bond motifs is 1. The molecule has 0 saturated heterocycles. The maximum Gasteiger partial charge on any atom is 0.279 e. The number of hydrogen-bond donors (Lipinski definition) is 1. The van der Waals surface area contributed by atoms with Gasteiger partial charge in [-0.15, -0.1) is 10.2 Å². The van der Waals surface area contributed by atoms with Crippen molar-refractivity contribution in [2.45, 2.75) is 25.7 Å². The Balaban J connectivity index is 1.36. The van der Waals surface area contributed by atoms with Crippen LogP contribution in [0.1, 0.15) is 31.5 Å². The van der Waals surface area contributed by atoms with Gasteiger partial charge < -0.3 is 14.7 Å². The molecule has 7 nitrogen and oxygen atoms in total. The summed E-state index contributed by atoms with van der Waals surface area (Å²) in [6.45, 7) is 4.73. The molecule has 0 atom stereocenters. The van der Waals surface area contributed by atoms with Crippen LogP contribution in [0.4, 0.5) is 11.5 Å². The molecule has 0 aliphatic heterocycles. The van der Waals surface area contributed by atoms with E-state index >= 15 is 0 Å². The summed E-state index contributed by atoms with van der Waals surface area (Å²) in [6.07, 6.45) is 2.26. The van der Waals surface area contributed by atoms with Gasteiger partial charge in [-0.3, -0.25) is 0 Å². The third kappa shape index (κ3) is 3.70. The van der Waals surface area contributed by atoms with Crippen molar-refractivity contribution in [1.82, 2.24) is 20.3 Å². The lowest BCUT2D eigenvalue weighted by molar-refractivity contribution is 0.421. The average molecular weight is 400 g/mol. The number of rotatable bonds is 8. The largest absolute Gasteiger partial charge is 0.370 e. The van der Waals surface area contributed by atoms with Crippen molar-refractivity contribution in [2.75, 3.05) is 29.9 Å². The molecule has 0 spiro atoms. The fraction of sp³-hybridized carbons (Fsp3) is 0.304. The smallest absolute Gasteiger partial charge is 0.279 e. The molecule has 0 bridgehead atoms. The highest BCUT2D eigenvalue weighted by molar-refractivity contribution is 5.98. The van der Waals surface area contributed by atoms with Crippen LogP contribution in [0.25, 0.3) is 22.4 Å². The van der Waals surface area contributed by atoms with E-state index < -0.39 is 0 Å². The zero-order valence-corrected chi connectivity index (χ0v) is 17.0. The van der Waals surface area contributed by atoms with Gasteiger partial charge in [-0.05, 0) is 31.9 Å². The highest BCUT2D eigenvalue weighted by Crippen LogP contribution is 2.39. The summed E-state index contributed by atoms with van der Waals surface area (Å²) in [5.41, 5.74) is 1.85. The summed E-state index contributed by atoms with van der Waals surface area (Å²) < 4.78 is 5.49. The van der Waals surface area contributed by atoms with E-state index in [0.29, 0.717) is 17.5 Å². The molecular formula is C23H24N6O. The molecule has 0 amide bonds. The Hall–Kier alpha value is -3.48. The van der Waals surface area contributed by atoms with Gasteiger partial charge in [0.15, 0.2) is 17.3 Å². The third-order valence-electron chi connectivity index (χ3n) is 5.45. The van der Waals surface area contributed by atoms with Gasteiger partial charge in [-0.1, -0.05) is 47.6 Å². The first-order valence-corrected chi connectivity index (χ1v) is 10.5. The Morgan fingerprint density at radius 2 is 1.77 bits per heavy atom. The minimum atomic E-state index is 0.438. The number of anilines is 2. The number of aromatic nitrogens is 4. The Kier molecular flexibility index (Phi) is 5.01. The van der Waals surface area contributed by atoms with Crippen LogP contribution in [0.2, 0.25) is 0 Å². The van der Waals surface area contributed by atoms with Gasteiger partial charge >= 0.3 is 0 Å². The lowest BCUT2D eigenvalue weighted by atomic mass is 10.1. The second kappa shape index (κ2) is 8.10. The van der Waals surface area contributed by atoms with Gasteiger partial charge in [0.2, 0.25) is 0 Å². The summed E-state index contributed by atoms with van der Waals surface area (Å²) in [5, 5.41) is 18.4. The van der Waals surface area contributed by atoms with Crippen molar-refractivity contribution in [3.8, 4) is 11.6 Å². The Bertz CT molecular complexity index is 1140. The molecule has 1 fully saturated rings. The van der Waals surface area contributed by atoms with Crippen molar-refractivity contribution >= 4 is 22.3 Å². The minimum Gasteiger partial charge on any atom is -0.370 e. The molecule has 152 valence electrons. The fourth-order valence-corrected chi connectivity index (χ4v) is 3.65. The van der Waals surface area contributed by atoms with E-state index in [1.807, 2.05) is 30.3 Å².